The fraction of sp³-hybridized carbons (Fsp3) is 0.938. The topological polar surface area (TPSA) is 41.1 Å². The first-order chi connectivity index (χ1) is 9.07. The molecule has 0 fully saturated rings. The molecular formula is C16H34N2O. The molecule has 2 N–H and O–H groups in total. The van der Waals surface area contributed by atoms with Crippen molar-refractivity contribution in [3.05, 3.63) is 0 Å². The average molecular weight is 270 g/mol. The summed E-state index contributed by atoms with van der Waals surface area (Å²) in [5.41, 5.74) is 0. The van der Waals surface area contributed by atoms with Gasteiger partial charge in [0, 0.05) is 6.54 Å². The Balaban J connectivity index is 3.41. The molecular weight excluding hydrogens is 236 g/mol. The van der Waals surface area contributed by atoms with E-state index in [-0.39, 0.29) is 11.9 Å². The van der Waals surface area contributed by atoms with Crippen molar-refractivity contribution >= 4 is 5.91 Å². The van der Waals surface area contributed by atoms with Gasteiger partial charge in [0.15, 0.2) is 0 Å². The Bertz CT molecular complexity index is 217. The molecule has 1 atom stereocenters. The Morgan fingerprint density at radius 1 is 0.947 bits per heavy atom. The van der Waals surface area contributed by atoms with Gasteiger partial charge in [-0.15, -0.1) is 0 Å². The van der Waals surface area contributed by atoms with Gasteiger partial charge in [0.2, 0.25) is 5.91 Å². The van der Waals surface area contributed by atoms with Crippen LogP contribution >= 0.6 is 0 Å². The number of rotatable bonds is 12. The van der Waals surface area contributed by atoms with E-state index in [1.165, 1.54) is 38.5 Å². The molecule has 114 valence electrons. The van der Waals surface area contributed by atoms with Crippen molar-refractivity contribution in [2.45, 2.75) is 78.7 Å². The molecule has 0 aliphatic carbocycles. The van der Waals surface area contributed by atoms with Crippen LogP contribution in [0.25, 0.3) is 0 Å². The lowest BCUT2D eigenvalue weighted by molar-refractivity contribution is -0.122. The molecule has 0 bridgehead atoms. The molecule has 0 heterocycles. The number of hydrogen-bond donors (Lipinski definition) is 2. The molecule has 0 radical (unpaired) electrons. The highest BCUT2D eigenvalue weighted by Crippen LogP contribution is 2.04. The van der Waals surface area contributed by atoms with Gasteiger partial charge in [-0.1, -0.05) is 52.9 Å². The SMILES string of the molecule is CCCCCCCCNC(C)C(=O)NCCC(C)C. The Hall–Kier alpha value is -0.570. The first kappa shape index (κ1) is 18.4. The molecule has 3 nitrogen and oxygen atoms in total. The van der Waals surface area contributed by atoms with Crippen LogP contribution in [0, 0.1) is 5.92 Å². The van der Waals surface area contributed by atoms with Crippen molar-refractivity contribution in [3.63, 3.8) is 0 Å². The zero-order valence-corrected chi connectivity index (χ0v) is 13.4. The Labute approximate surface area is 119 Å². The molecule has 19 heavy (non-hydrogen) atoms. The van der Waals surface area contributed by atoms with Crippen LogP contribution in [0.3, 0.4) is 0 Å². The van der Waals surface area contributed by atoms with Gasteiger partial charge in [0.05, 0.1) is 6.04 Å². The van der Waals surface area contributed by atoms with Gasteiger partial charge in [0.25, 0.3) is 0 Å². The van der Waals surface area contributed by atoms with Gasteiger partial charge in [-0.2, -0.15) is 0 Å². The lowest BCUT2D eigenvalue weighted by atomic mass is 10.1. The van der Waals surface area contributed by atoms with Crippen LogP contribution in [-0.2, 0) is 4.79 Å². The van der Waals surface area contributed by atoms with E-state index in [1.807, 2.05) is 6.92 Å². The highest BCUT2D eigenvalue weighted by atomic mass is 16.2. The highest BCUT2D eigenvalue weighted by molar-refractivity contribution is 5.81. The lowest BCUT2D eigenvalue weighted by Crippen LogP contribution is -2.42. The summed E-state index contributed by atoms with van der Waals surface area (Å²) in [5, 5.41) is 6.28. The van der Waals surface area contributed by atoms with E-state index < -0.39 is 0 Å². The van der Waals surface area contributed by atoms with Crippen molar-refractivity contribution in [3.8, 4) is 0 Å². The number of carbonyl (C=O) groups excluding carboxylic acids is 1. The maximum absolute atomic E-state index is 11.8. The number of hydrogen-bond acceptors (Lipinski definition) is 2. The van der Waals surface area contributed by atoms with Gasteiger partial charge in [-0.05, 0) is 32.2 Å². The maximum Gasteiger partial charge on any atom is 0.236 e. The van der Waals surface area contributed by atoms with Crippen molar-refractivity contribution in [1.29, 1.82) is 0 Å². The molecule has 0 spiro atoms. The largest absolute Gasteiger partial charge is 0.355 e. The zero-order valence-electron chi connectivity index (χ0n) is 13.4. The van der Waals surface area contributed by atoms with E-state index in [0.717, 1.165) is 19.5 Å². The molecule has 1 amide bonds. The fourth-order valence-electron chi connectivity index (χ4n) is 1.95. The van der Waals surface area contributed by atoms with Crippen LogP contribution in [0.1, 0.15) is 72.6 Å². The third-order valence-corrected chi connectivity index (χ3v) is 3.40. The number of carbonyl (C=O) groups is 1. The van der Waals surface area contributed by atoms with E-state index >= 15 is 0 Å². The van der Waals surface area contributed by atoms with Crippen LogP contribution in [0.15, 0.2) is 0 Å². The molecule has 0 aromatic rings. The molecule has 0 aromatic carbocycles. The summed E-state index contributed by atoms with van der Waals surface area (Å²) < 4.78 is 0. The fourth-order valence-corrected chi connectivity index (χ4v) is 1.95. The summed E-state index contributed by atoms with van der Waals surface area (Å²) in [5.74, 6) is 0.776. The van der Waals surface area contributed by atoms with Crippen LogP contribution in [0.4, 0.5) is 0 Å². The van der Waals surface area contributed by atoms with E-state index in [9.17, 15) is 4.79 Å². The molecule has 3 heteroatoms. The highest BCUT2D eigenvalue weighted by Gasteiger charge is 2.10. The van der Waals surface area contributed by atoms with Crippen molar-refractivity contribution < 1.29 is 4.79 Å². The van der Waals surface area contributed by atoms with Gasteiger partial charge in [-0.3, -0.25) is 4.79 Å². The Morgan fingerprint density at radius 3 is 2.21 bits per heavy atom. The van der Waals surface area contributed by atoms with E-state index in [2.05, 4.69) is 31.4 Å². The minimum absolute atomic E-state index is 0.0668. The van der Waals surface area contributed by atoms with Crippen LogP contribution in [0.5, 0.6) is 0 Å². The maximum atomic E-state index is 11.8. The summed E-state index contributed by atoms with van der Waals surface area (Å²) in [4.78, 5) is 11.8. The van der Waals surface area contributed by atoms with Crippen LogP contribution < -0.4 is 10.6 Å². The predicted octanol–water partition coefficient (Wildman–Crippen LogP) is 3.49. The first-order valence-electron chi connectivity index (χ1n) is 8.09. The first-order valence-corrected chi connectivity index (χ1v) is 8.09. The van der Waals surface area contributed by atoms with Gasteiger partial charge in [0.1, 0.15) is 0 Å². The minimum Gasteiger partial charge on any atom is -0.355 e. The van der Waals surface area contributed by atoms with E-state index in [0.29, 0.717) is 5.92 Å². The van der Waals surface area contributed by atoms with Crippen molar-refractivity contribution in [2.75, 3.05) is 13.1 Å². The number of nitrogens with one attached hydrogen (secondary N) is 2. The summed E-state index contributed by atoms with van der Waals surface area (Å²) in [6, 6.07) is -0.0668. The van der Waals surface area contributed by atoms with Crippen molar-refractivity contribution in [1.82, 2.24) is 10.6 Å². The number of unbranched alkanes of at least 4 members (excludes halogenated alkanes) is 5. The lowest BCUT2D eigenvalue weighted by Gasteiger charge is -2.14. The monoisotopic (exact) mass is 270 g/mol. The summed E-state index contributed by atoms with van der Waals surface area (Å²) in [6.45, 7) is 10.3. The van der Waals surface area contributed by atoms with Crippen LogP contribution in [0.2, 0.25) is 0 Å². The summed E-state index contributed by atoms with van der Waals surface area (Å²) in [6.07, 6.45) is 8.82. The van der Waals surface area contributed by atoms with Gasteiger partial charge >= 0.3 is 0 Å². The molecule has 0 aliphatic rings. The second-order valence-corrected chi connectivity index (χ2v) is 5.92. The molecule has 0 aromatic heterocycles. The Morgan fingerprint density at radius 2 is 1.58 bits per heavy atom. The Kier molecular flexibility index (Phi) is 12.1. The summed E-state index contributed by atoms with van der Waals surface area (Å²) >= 11 is 0. The van der Waals surface area contributed by atoms with Gasteiger partial charge < -0.3 is 10.6 Å². The molecule has 0 rings (SSSR count). The molecule has 0 aliphatic heterocycles. The van der Waals surface area contributed by atoms with Gasteiger partial charge in [-0.25, -0.2) is 0 Å². The van der Waals surface area contributed by atoms with Crippen molar-refractivity contribution in [2.24, 2.45) is 5.92 Å². The molecule has 0 saturated carbocycles. The zero-order chi connectivity index (χ0) is 14.5. The summed E-state index contributed by atoms with van der Waals surface area (Å²) in [7, 11) is 0. The second kappa shape index (κ2) is 12.5. The normalized spacial score (nSPS) is 12.7. The standard InChI is InChI=1S/C16H34N2O/c1-5-6-7-8-9-10-12-17-15(4)16(19)18-13-11-14(2)3/h14-15,17H,5-13H2,1-4H3,(H,18,19). The minimum atomic E-state index is -0.0668. The quantitative estimate of drug-likeness (QED) is 0.533. The predicted molar refractivity (Wildman–Crippen MR) is 83.3 cm³/mol. The van der Waals surface area contributed by atoms with E-state index in [1.54, 1.807) is 0 Å². The number of amides is 1. The third-order valence-electron chi connectivity index (χ3n) is 3.40. The van der Waals surface area contributed by atoms with Crippen LogP contribution in [-0.4, -0.2) is 25.0 Å². The van der Waals surface area contributed by atoms with E-state index in [4.69, 9.17) is 0 Å². The third kappa shape index (κ3) is 12.2. The molecule has 0 saturated heterocycles. The molecule has 1 unspecified atom stereocenters. The average Bonchev–Trinajstić information content (AvgIpc) is 2.36. The smallest absolute Gasteiger partial charge is 0.236 e. The second-order valence-electron chi connectivity index (χ2n) is 5.92.